The summed E-state index contributed by atoms with van der Waals surface area (Å²) in [6.07, 6.45) is 3.47. The van der Waals surface area contributed by atoms with Crippen molar-refractivity contribution in [2.45, 2.75) is 26.2 Å². The Morgan fingerprint density at radius 2 is 1.92 bits per heavy atom. The lowest BCUT2D eigenvalue weighted by Crippen LogP contribution is -2.30. The quantitative estimate of drug-likeness (QED) is 0.686. The monoisotopic (exact) mass is 438 g/mol. The lowest BCUT2D eigenvalue weighted by atomic mass is 10.1. The van der Waals surface area contributed by atoms with Crippen LogP contribution in [0.2, 0.25) is 0 Å². The van der Waals surface area contributed by atoms with Crippen molar-refractivity contribution in [2.24, 2.45) is 0 Å². The number of carbonyl (C=O) groups is 1. The number of carbonyl (C=O) groups excluding carboxylic acids is 1. The van der Waals surface area contributed by atoms with Crippen molar-refractivity contribution >= 4 is 39.9 Å². The highest BCUT2D eigenvalue weighted by Gasteiger charge is 2.18. The third kappa shape index (κ3) is 3.71. The van der Waals surface area contributed by atoms with Crippen molar-refractivity contribution in [3.05, 3.63) is 56.9 Å². The Kier molecular flexibility index (Phi) is 5.38. The van der Waals surface area contributed by atoms with Crippen LogP contribution in [0.4, 0.5) is 15.8 Å². The molecule has 0 bridgehead atoms. The van der Waals surface area contributed by atoms with Crippen LogP contribution in [-0.2, 0) is 0 Å². The van der Waals surface area contributed by atoms with E-state index >= 15 is 0 Å². The first-order valence-corrected chi connectivity index (χ1v) is 9.25. The number of anilines is 2. The summed E-state index contributed by atoms with van der Waals surface area (Å²) in [6.45, 7) is 3.85. The van der Waals surface area contributed by atoms with E-state index in [2.05, 4.69) is 32.8 Å². The highest BCUT2D eigenvalue weighted by molar-refractivity contribution is 14.1. The van der Waals surface area contributed by atoms with Crippen LogP contribution < -0.4 is 10.2 Å². The van der Waals surface area contributed by atoms with Gasteiger partial charge in [-0.25, -0.2) is 4.39 Å². The minimum atomic E-state index is -0.343. The number of hydrogen-bond acceptors (Lipinski definition) is 2. The molecule has 0 aromatic heterocycles. The third-order valence-corrected chi connectivity index (χ3v) is 5.77. The largest absolute Gasteiger partial charge is 0.370 e. The molecule has 2 aromatic rings. The minimum absolute atomic E-state index is 0.202. The topological polar surface area (TPSA) is 32.3 Å². The van der Waals surface area contributed by atoms with Gasteiger partial charge in [0.25, 0.3) is 5.91 Å². The van der Waals surface area contributed by atoms with E-state index in [1.165, 1.54) is 18.6 Å². The molecule has 1 amide bonds. The molecule has 0 saturated carbocycles. The summed E-state index contributed by atoms with van der Waals surface area (Å²) in [7, 11) is 0. The van der Waals surface area contributed by atoms with Crippen LogP contribution in [0.1, 0.15) is 35.2 Å². The van der Waals surface area contributed by atoms with Crippen LogP contribution in [0, 0.1) is 16.3 Å². The maximum Gasteiger partial charge on any atom is 0.256 e. The van der Waals surface area contributed by atoms with Crippen LogP contribution in [0.3, 0.4) is 0 Å². The molecular weight excluding hydrogens is 418 g/mol. The minimum Gasteiger partial charge on any atom is -0.370 e. The first kappa shape index (κ1) is 17.2. The number of nitrogens with one attached hydrogen (secondary N) is 1. The Hall–Kier alpha value is -1.63. The van der Waals surface area contributed by atoms with E-state index in [1.54, 1.807) is 12.1 Å². The zero-order valence-corrected chi connectivity index (χ0v) is 15.8. The summed E-state index contributed by atoms with van der Waals surface area (Å²) in [5.41, 5.74) is 3.11. The van der Waals surface area contributed by atoms with Gasteiger partial charge in [-0.05, 0) is 78.6 Å². The number of hydrogen-bond donors (Lipinski definition) is 1. The molecule has 1 N–H and O–H groups in total. The van der Waals surface area contributed by atoms with E-state index in [0.717, 1.165) is 40.8 Å². The Balaban J connectivity index is 1.90. The Morgan fingerprint density at radius 3 is 2.67 bits per heavy atom. The second-order valence-corrected chi connectivity index (χ2v) is 7.18. The zero-order valence-electron chi connectivity index (χ0n) is 13.6. The molecule has 0 radical (unpaired) electrons. The Morgan fingerprint density at radius 1 is 1.17 bits per heavy atom. The van der Waals surface area contributed by atoms with Gasteiger partial charge in [0.2, 0.25) is 0 Å². The van der Waals surface area contributed by atoms with Crippen molar-refractivity contribution < 1.29 is 9.18 Å². The zero-order chi connectivity index (χ0) is 17.1. The van der Waals surface area contributed by atoms with Crippen LogP contribution in [0.5, 0.6) is 0 Å². The van der Waals surface area contributed by atoms with E-state index in [0.29, 0.717) is 11.3 Å². The average molecular weight is 438 g/mol. The van der Waals surface area contributed by atoms with Crippen molar-refractivity contribution in [3.63, 3.8) is 0 Å². The van der Waals surface area contributed by atoms with Gasteiger partial charge in [-0.1, -0.05) is 12.1 Å². The Bertz CT molecular complexity index is 757. The molecule has 1 aliphatic rings. The summed E-state index contributed by atoms with van der Waals surface area (Å²) >= 11 is 2.18. The fourth-order valence-corrected chi connectivity index (χ4v) is 3.64. The number of piperidine rings is 1. The van der Waals surface area contributed by atoms with Gasteiger partial charge in [-0.15, -0.1) is 0 Å². The highest BCUT2D eigenvalue weighted by Crippen LogP contribution is 2.30. The normalized spacial score (nSPS) is 14.5. The van der Waals surface area contributed by atoms with Crippen molar-refractivity contribution in [2.75, 3.05) is 23.3 Å². The maximum atomic E-state index is 13.7. The van der Waals surface area contributed by atoms with Crippen molar-refractivity contribution in [1.29, 1.82) is 0 Å². The fraction of sp³-hybridized carbons (Fsp3) is 0.316. The summed E-state index contributed by atoms with van der Waals surface area (Å²) in [4.78, 5) is 14.9. The SMILES string of the molecule is Cc1cccc(C(=O)Nc2cc(F)ccc2N2CCCCC2)c1I. The van der Waals surface area contributed by atoms with Crippen LogP contribution in [0.15, 0.2) is 36.4 Å². The average Bonchev–Trinajstić information content (AvgIpc) is 2.58. The third-order valence-electron chi connectivity index (χ3n) is 4.34. The number of benzene rings is 2. The number of nitrogens with zero attached hydrogens (tertiary/aromatic N) is 1. The standard InChI is InChI=1S/C19H20FIN2O/c1-13-6-5-7-15(18(13)21)19(24)22-16-12-14(20)8-9-17(16)23-10-3-2-4-11-23/h5-9,12H,2-4,10-11H2,1H3,(H,22,24). The molecule has 24 heavy (non-hydrogen) atoms. The molecule has 1 heterocycles. The van der Waals surface area contributed by atoms with Gasteiger partial charge in [0, 0.05) is 16.7 Å². The highest BCUT2D eigenvalue weighted by atomic mass is 127. The number of halogens is 2. The molecule has 1 fully saturated rings. The first-order chi connectivity index (χ1) is 11.6. The van der Waals surface area contributed by atoms with Crippen molar-refractivity contribution in [1.82, 2.24) is 0 Å². The van der Waals surface area contributed by atoms with Gasteiger partial charge in [-0.3, -0.25) is 4.79 Å². The summed E-state index contributed by atoms with van der Waals surface area (Å²) in [5, 5.41) is 2.91. The molecule has 0 unspecified atom stereocenters. The van der Waals surface area contributed by atoms with Crippen LogP contribution in [0.25, 0.3) is 0 Å². The van der Waals surface area contributed by atoms with Gasteiger partial charge in [-0.2, -0.15) is 0 Å². The molecule has 0 spiro atoms. The molecule has 1 saturated heterocycles. The number of amides is 1. The number of rotatable bonds is 3. The van der Waals surface area contributed by atoms with Gasteiger partial charge in [0.05, 0.1) is 16.9 Å². The van der Waals surface area contributed by atoms with Crippen LogP contribution in [-0.4, -0.2) is 19.0 Å². The molecule has 3 nitrogen and oxygen atoms in total. The fourth-order valence-electron chi connectivity index (χ4n) is 3.03. The number of aryl methyl sites for hydroxylation is 1. The second kappa shape index (κ2) is 7.51. The molecule has 126 valence electrons. The predicted molar refractivity (Wildman–Crippen MR) is 104 cm³/mol. The lowest BCUT2D eigenvalue weighted by molar-refractivity contribution is 0.102. The van der Waals surface area contributed by atoms with E-state index in [9.17, 15) is 9.18 Å². The predicted octanol–water partition coefficient (Wildman–Crippen LogP) is 4.98. The van der Waals surface area contributed by atoms with E-state index in [1.807, 2.05) is 19.1 Å². The molecule has 3 rings (SSSR count). The van der Waals surface area contributed by atoms with Crippen LogP contribution >= 0.6 is 22.6 Å². The van der Waals surface area contributed by atoms with Gasteiger partial charge in [0.1, 0.15) is 5.82 Å². The van der Waals surface area contributed by atoms with E-state index in [-0.39, 0.29) is 11.7 Å². The van der Waals surface area contributed by atoms with Gasteiger partial charge < -0.3 is 10.2 Å². The van der Waals surface area contributed by atoms with E-state index in [4.69, 9.17) is 0 Å². The maximum absolute atomic E-state index is 13.7. The molecular formula is C19H20FIN2O. The second-order valence-electron chi connectivity index (χ2n) is 6.10. The molecule has 0 aliphatic carbocycles. The summed E-state index contributed by atoms with van der Waals surface area (Å²) in [5.74, 6) is -0.544. The molecule has 2 aromatic carbocycles. The smallest absolute Gasteiger partial charge is 0.256 e. The Labute approximate surface area is 155 Å². The van der Waals surface area contributed by atoms with Gasteiger partial charge in [0.15, 0.2) is 0 Å². The van der Waals surface area contributed by atoms with Gasteiger partial charge >= 0.3 is 0 Å². The lowest BCUT2D eigenvalue weighted by Gasteiger charge is -2.30. The molecule has 1 aliphatic heterocycles. The first-order valence-electron chi connectivity index (χ1n) is 8.17. The molecule has 5 heteroatoms. The van der Waals surface area contributed by atoms with Crippen molar-refractivity contribution in [3.8, 4) is 0 Å². The summed E-state index contributed by atoms with van der Waals surface area (Å²) < 4.78 is 14.7. The summed E-state index contributed by atoms with van der Waals surface area (Å²) in [6, 6.07) is 10.3. The van der Waals surface area contributed by atoms with E-state index < -0.39 is 0 Å². The molecule has 0 atom stereocenters.